The van der Waals surface area contributed by atoms with Gasteiger partial charge in [0.1, 0.15) is 0 Å². The Bertz CT molecular complexity index is 46.5. The highest BCUT2D eigenvalue weighted by Gasteiger charge is 2.04. The maximum atomic E-state index is 3.33. The van der Waals surface area contributed by atoms with E-state index in [1.807, 2.05) is 13.8 Å². The Morgan fingerprint density at radius 3 is 2.22 bits per heavy atom. The van der Waals surface area contributed by atoms with Crippen molar-refractivity contribution in [2.45, 2.75) is 33.6 Å². The molecule has 0 aromatic heterocycles. The molecule has 1 rings (SSSR count). The first-order valence-electron chi connectivity index (χ1n) is 4.10. The van der Waals surface area contributed by atoms with Gasteiger partial charge in [-0.2, -0.15) is 0 Å². The van der Waals surface area contributed by atoms with Crippen molar-refractivity contribution < 1.29 is 0 Å². The highest BCUT2D eigenvalue weighted by Crippen LogP contribution is 2.06. The molecule has 0 aromatic rings. The summed E-state index contributed by atoms with van der Waals surface area (Å²) in [6, 6.07) is 0. The van der Waals surface area contributed by atoms with Crippen LogP contribution in [0.2, 0.25) is 0 Å². The number of nitrogens with one attached hydrogen (secondary N) is 1. The lowest BCUT2D eigenvalue weighted by Crippen LogP contribution is -2.27. The van der Waals surface area contributed by atoms with Crippen LogP contribution in [0.3, 0.4) is 0 Å². The molecular weight excluding hydrogens is 110 g/mol. The van der Waals surface area contributed by atoms with Gasteiger partial charge in [-0.15, -0.1) is 0 Å². The summed E-state index contributed by atoms with van der Waals surface area (Å²) >= 11 is 0. The first-order valence-corrected chi connectivity index (χ1v) is 4.10. The van der Waals surface area contributed by atoms with Crippen molar-refractivity contribution in [2.24, 2.45) is 5.92 Å². The Balaban J connectivity index is 0.000000291. The second kappa shape index (κ2) is 6.09. The summed E-state index contributed by atoms with van der Waals surface area (Å²) in [4.78, 5) is 0. The topological polar surface area (TPSA) is 12.0 Å². The molecule has 1 fully saturated rings. The predicted octanol–water partition coefficient (Wildman–Crippen LogP) is 2.03. The molecule has 1 aliphatic rings. The molecule has 9 heavy (non-hydrogen) atoms. The van der Waals surface area contributed by atoms with Crippen LogP contribution in [0.25, 0.3) is 0 Å². The second-order valence-electron chi connectivity index (χ2n) is 2.45. The van der Waals surface area contributed by atoms with E-state index >= 15 is 0 Å². The Kier molecular flexibility index (Phi) is 6.06. The first-order chi connectivity index (χ1) is 4.39. The van der Waals surface area contributed by atoms with Crippen LogP contribution in [0, 0.1) is 5.92 Å². The van der Waals surface area contributed by atoms with E-state index in [9.17, 15) is 0 Å². The zero-order chi connectivity index (χ0) is 7.11. The molecule has 0 unspecified atom stereocenters. The normalized spacial score (nSPS) is 26.3. The van der Waals surface area contributed by atoms with Crippen molar-refractivity contribution in [3.8, 4) is 0 Å². The van der Waals surface area contributed by atoms with E-state index in [0.29, 0.717) is 0 Å². The van der Waals surface area contributed by atoms with E-state index in [2.05, 4.69) is 12.2 Å². The van der Waals surface area contributed by atoms with Crippen molar-refractivity contribution in [3.63, 3.8) is 0 Å². The summed E-state index contributed by atoms with van der Waals surface area (Å²) in [5.41, 5.74) is 0. The highest BCUT2D eigenvalue weighted by molar-refractivity contribution is 4.63. The highest BCUT2D eigenvalue weighted by atomic mass is 14.9. The molecule has 0 aromatic carbocycles. The largest absolute Gasteiger partial charge is 0.316 e. The third-order valence-corrected chi connectivity index (χ3v) is 1.54. The van der Waals surface area contributed by atoms with E-state index in [0.717, 1.165) is 5.92 Å². The van der Waals surface area contributed by atoms with E-state index in [-0.39, 0.29) is 0 Å². The van der Waals surface area contributed by atoms with Gasteiger partial charge in [0, 0.05) is 0 Å². The fourth-order valence-corrected chi connectivity index (χ4v) is 1.03. The van der Waals surface area contributed by atoms with Crippen molar-refractivity contribution in [2.75, 3.05) is 13.1 Å². The van der Waals surface area contributed by atoms with Gasteiger partial charge in [0.05, 0.1) is 0 Å². The monoisotopic (exact) mass is 129 g/mol. The van der Waals surface area contributed by atoms with Crippen molar-refractivity contribution in [1.29, 1.82) is 0 Å². The van der Waals surface area contributed by atoms with Gasteiger partial charge in [-0.3, -0.25) is 0 Å². The lowest BCUT2D eigenvalue weighted by atomic mass is 10.0. The molecule has 1 aliphatic heterocycles. The zero-order valence-corrected chi connectivity index (χ0v) is 6.91. The predicted molar refractivity (Wildman–Crippen MR) is 42.6 cm³/mol. The van der Waals surface area contributed by atoms with Gasteiger partial charge in [-0.1, -0.05) is 20.8 Å². The minimum absolute atomic E-state index is 0.925. The van der Waals surface area contributed by atoms with Gasteiger partial charge in [0.2, 0.25) is 0 Å². The third-order valence-electron chi connectivity index (χ3n) is 1.54. The summed E-state index contributed by atoms with van der Waals surface area (Å²) in [6.07, 6.45) is 2.80. The molecule has 1 N–H and O–H groups in total. The lowest BCUT2D eigenvalue weighted by Gasteiger charge is -2.17. The van der Waals surface area contributed by atoms with E-state index in [4.69, 9.17) is 0 Å². The number of rotatable bonds is 0. The molecular formula is C8H19N. The molecule has 1 nitrogen and oxygen atoms in total. The van der Waals surface area contributed by atoms with Crippen LogP contribution in [0.15, 0.2) is 0 Å². The Labute approximate surface area is 58.8 Å². The van der Waals surface area contributed by atoms with Gasteiger partial charge in [0.25, 0.3) is 0 Å². The van der Waals surface area contributed by atoms with Crippen molar-refractivity contribution >= 4 is 0 Å². The molecule has 1 heterocycles. The summed E-state index contributed by atoms with van der Waals surface area (Å²) in [5.74, 6) is 0.925. The summed E-state index contributed by atoms with van der Waals surface area (Å²) in [5, 5.41) is 3.33. The summed E-state index contributed by atoms with van der Waals surface area (Å²) in [6.45, 7) is 8.77. The van der Waals surface area contributed by atoms with Crippen molar-refractivity contribution in [1.82, 2.24) is 5.32 Å². The van der Waals surface area contributed by atoms with Gasteiger partial charge < -0.3 is 5.32 Å². The maximum absolute atomic E-state index is 3.33. The third kappa shape index (κ3) is 4.46. The number of piperidine rings is 1. The Hall–Kier alpha value is -0.0400. The van der Waals surface area contributed by atoms with Gasteiger partial charge in [0.15, 0.2) is 0 Å². The van der Waals surface area contributed by atoms with Gasteiger partial charge in [-0.05, 0) is 31.8 Å². The molecule has 0 saturated carbocycles. The van der Waals surface area contributed by atoms with Crippen molar-refractivity contribution in [3.05, 3.63) is 0 Å². The maximum Gasteiger partial charge on any atom is -0.00231 e. The standard InChI is InChI=1S/C6H13N.C2H6/c1-6-3-2-4-7-5-6;1-2/h6-7H,2-5H2,1H3;1-2H3/t6-;/m0./s1. The fraction of sp³-hybridized carbons (Fsp3) is 1.00. The van der Waals surface area contributed by atoms with Crippen LogP contribution >= 0.6 is 0 Å². The molecule has 1 atom stereocenters. The zero-order valence-electron chi connectivity index (χ0n) is 6.91. The lowest BCUT2D eigenvalue weighted by molar-refractivity contribution is 0.405. The summed E-state index contributed by atoms with van der Waals surface area (Å²) < 4.78 is 0. The van der Waals surface area contributed by atoms with Crippen LogP contribution in [0.1, 0.15) is 33.6 Å². The van der Waals surface area contributed by atoms with E-state index in [1.54, 1.807) is 0 Å². The average Bonchev–Trinajstić information content (AvgIpc) is 1.94. The number of hydrogen-bond donors (Lipinski definition) is 1. The molecule has 0 bridgehead atoms. The van der Waals surface area contributed by atoms with Gasteiger partial charge in [-0.25, -0.2) is 0 Å². The molecule has 0 spiro atoms. The Morgan fingerprint density at radius 1 is 1.33 bits per heavy atom. The van der Waals surface area contributed by atoms with Crippen LogP contribution in [-0.4, -0.2) is 13.1 Å². The SMILES string of the molecule is CC.C[C@H]1CCCNC1. The molecule has 0 amide bonds. The molecule has 0 radical (unpaired) electrons. The van der Waals surface area contributed by atoms with E-state index < -0.39 is 0 Å². The molecule has 56 valence electrons. The second-order valence-corrected chi connectivity index (χ2v) is 2.45. The quantitative estimate of drug-likeness (QED) is 0.527. The van der Waals surface area contributed by atoms with E-state index in [1.165, 1.54) is 25.9 Å². The molecule has 1 saturated heterocycles. The van der Waals surface area contributed by atoms with Crippen LogP contribution in [0.4, 0.5) is 0 Å². The molecule has 1 heteroatoms. The minimum atomic E-state index is 0.925. The smallest absolute Gasteiger partial charge is 0.00231 e. The Morgan fingerprint density at radius 2 is 2.00 bits per heavy atom. The van der Waals surface area contributed by atoms with Gasteiger partial charge >= 0.3 is 0 Å². The average molecular weight is 129 g/mol. The van der Waals surface area contributed by atoms with Crippen LogP contribution < -0.4 is 5.32 Å². The van der Waals surface area contributed by atoms with Crippen LogP contribution in [-0.2, 0) is 0 Å². The summed E-state index contributed by atoms with van der Waals surface area (Å²) in [7, 11) is 0. The first kappa shape index (κ1) is 8.96. The minimum Gasteiger partial charge on any atom is -0.316 e. The number of hydrogen-bond acceptors (Lipinski definition) is 1. The molecule has 0 aliphatic carbocycles. The fourth-order valence-electron chi connectivity index (χ4n) is 1.03. The van der Waals surface area contributed by atoms with Crippen LogP contribution in [0.5, 0.6) is 0 Å².